The monoisotopic (exact) mass is 488 g/mol. The Balaban J connectivity index is 1.99. The first-order valence-electron chi connectivity index (χ1n) is 10.4. The highest BCUT2D eigenvalue weighted by molar-refractivity contribution is 6.30. The molecule has 34 heavy (non-hydrogen) atoms. The number of hydrogen-bond donors (Lipinski definition) is 2. The summed E-state index contributed by atoms with van der Waals surface area (Å²) in [5.74, 6) is 0.250. The Morgan fingerprint density at radius 3 is 2.24 bits per heavy atom. The summed E-state index contributed by atoms with van der Waals surface area (Å²) in [4.78, 5) is 27.8. The summed E-state index contributed by atoms with van der Waals surface area (Å²) in [6.07, 6.45) is 1.03. The summed E-state index contributed by atoms with van der Waals surface area (Å²) < 4.78 is 17.8. The van der Waals surface area contributed by atoms with Gasteiger partial charge in [0.25, 0.3) is 5.91 Å². The maximum Gasteiger partial charge on any atom is 0.303 e. The second kappa shape index (κ2) is 11.4. The van der Waals surface area contributed by atoms with Crippen LogP contribution >= 0.6 is 11.6 Å². The molecule has 2 aromatic carbocycles. The molecule has 180 valence electrons. The smallest absolute Gasteiger partial charge is 0.303 e. The molecule has 0 unspecified atom stereocenters. The first kappa shape index (κ1) is 24.8. The van der Waals surface area contributed by atoms with E-state index < -0.39 is 11.9 Å². The molecule has 2 N–H and O–H groups in total. The zero-order chi connectivity index (χ0) is 24.7. The van der Waals surface area contributed by atoms with Crippen molar-refractivity contribution in [2.24, 2.45) is 0 Å². The van der Waals surface area contributed by atoms with E-state index in [1.54, 1.807) is 36.4 Å². The number of hydrogen-bond acceptors (Lipinski definition) is 7. The third-order valence-corrected chi connectivity index (χ3v) is 5.16. The van der Waals surface area contributed by atoms with Crippen molar-refractivity contribution in [3.8, 4) is 34.3 Å². The van der Waals surface area contributed by atoms with Gasteiger partial charge in [0.05, 0.1) is 27.0 Å². The fraction of sp³-hybridized carbons (Fsp3) is 0.304. The highest BCUT2D eigenvalue weighted by Gasteiger charge is 2.22. The molecular formula is C23H25ClN4O6. The molecule has 3 aromatic rings. The number of rotatable bonds is 11. The van der Waals surface area contributed by atoms with Crippen molar-refractivity contribution in [2.45, 2.75) is 19.3 Å². The molecule has 0 saturated heterocycles. The predicted octanol–water partition coefficient (Wildman–Crippen LogP) is 3.60. The van der Waals surface area contributed by atoms with Crippen LogP contribution in [-0.4, -0.2) is 59.6 Å². The second-order valence-electron chi connectivity index (χ2n) is 7.17. The molecular weight excluding hydrogens is 464 g/mol. The Labute approximate surface area is 201 Å². The van der Waals surface area contributed by atoms with Crippen molar-refractivity contribution in [1.29, 1.82) is 0 Å². The van der Waals surface area contributed by atoms with Crippen LogP contribution < -0.4 is 19.5 Å². The lowest BCUT2D eigenvalue weighted by Gasteiger charge is -2.14. The SMILES string of the molecule is COc1cc(-c2nc(C(=O)NCCCCC(=O)O)nn2-c2ccc(Cl)cc2)cc(OC)c1OC. The minimum Gasteiger partial charge on any atom is -0.493 e. The van der Waals surface area contributed by atoms with Crippen LogP contribution in [0, 0.1) is 0 Å². The Bertz CT molecular complexity index is 1140. The molecule has 3 rings (SSSR count). The third-order valence-electron chi connectivity index (χ3n) is 4.91. The number of amides is 1. The topological polar surface area (TPSA) is 125 Å². The molecule has 11 heteroatoms. The first-order chi connectivity index (χ1) is 16.4. The molecule has 10 nitrogen and oxygen atoms in total. The average Bonchev–Trinajstić information content (AvgIpc) is 3.28. The Morgan fingerprint density at radius 1 is 1.03 bits per heavy atom. The second-order valence-corrected chi connectivity index (χ2v) is 7.60. The van der Waals surface area contributed by atoms with Crippen LogP contribution in [0.5, 0.6) is 17.2 Å². The van der Waals surface area contributed by atoms with Crippen molar-refractivity contribution in [3.63, 3.8) is 0 Å². The van der Waals surface area contributed by atoms with Crippen LogP contribution in [0.4, 0.5) is 0 Å². The largest absolute Gasteiger partial charge is 0.493 e. The summed E-state index contributed by atoms with van der Waals surface area (Å²) >= 11 is 6.03. The van der Waals surface area contributed by atoms with Gasteiger partial charge in [0.15, 0.2) is 17.3 Å². The lowest BCUT2D eigenvalue weighted by atomic mass is 10.1. The van der Waals surface area contributed by atoms with E-state index in [0.29, 0.717) is 58.7 Å². The Hall–Kier alpha value is -3.79. The molecule has 0 fully saturated rings. The summed E-state index contributed by atoms with van der Waals surface area (Å²) in [5.41, 5.74) is 1.22. The van der Waals surface area contributed by atoms with Gasteiger partial charge in [0.1, 0.15) is 0 Å². The summed E-state index contributed by atoms with van der Waals surface area (Å²) in [6.45, 7) is 0.307. The number of nitrogens with one attached hydrogen (secondary N) is 1. The van der Waals surface area contributed by atoms with Gasteiger partial charge in [-0.25, -0.2) is 9.67 Å². The number of aliphatic carboxylic acids is 1. The molecule has 0 atom stereocenters. The van der Waals surface area contributed by atoms with Crippen LogP contribution in [0.15, 0.2) is 36.4 Å². The quantitative estimate of drug-likeness (QED) is 0.392. The van der Waals surface area contributed by atoms with Crippen LogP contribution in [0.25, 0.3) is 17.1 Å². The van der Waals surface area contributed by atoms with Gasteiger partial charge >= 0.3 is 5.97 Å². The van der Waals surface area contributed by atoms with Gasteiger partial charge in [-0.05, 0) is 49.2 Å². The number of ether oxygens (including phenoxy) is 3. The van der Waals surface area contributed by atoms with E-state index in [1.807, 2.05) is 0 Å². The maximum absolute atomic E-state index is 12.7. The van der Waals surface area contributed by atoms with Gasteiger partial charge in [-0.1, -0.05) is 11.6 Å². The Kier molecular flexibility index (Phi) is 8.31. The minimum absolute atomic E-state index is 0.0445. The van der Waals surface area contributed by atoms with Crippen molar-refractivity contribution in [1.82, 2.24) is 20.1 Å². The van der Waals surface area contributed by atoms with Crippen molar-refractivity contribution >= 4 is 23.5 Å². The van der Waals surface area contributed by atoms with Gasteiger partial charge in [0, 0.05) is 23.6 Å². The standard InChI is InChI=1S/C23H25ClN4O6/c1-32-17-12-14(13-18(33-2)20(17)34-3)22-26-21(23(31)25-11-5-4-6-19(29)30)27-28(22)16-9-7-15(24)8-10-16/h7-10,12-13H,4-6,11H2,1-3H3,(H,25,31)(H,29,30). The summed E-state index contributed by atoms with van der Waals surface area (Å²) in [5, 5.41) is 16.4. The van der Waals surface area contributed by atoms with Gasteiger partial charge in [-0.2, -0.15) is 0 Å². The Morgan fingerprint density at radius 2 is 1.68 bits per heavy atom. The zero-order valence-corrected chi connectivity index (χ0v) is 19.8. The van der Waals surface area contributed by atoms with Crippen LogP contribution in [0.3, 0.4) is 0 Å². The predicted molar refractivity (Wildman–Crippen MR) is 125 cm³/mol. The zero-order valence-electron chi connectivity index (χ0n) is 19.0. The third kappa shape index (κ3) is 5.76. The number of methoxy groups -OCH3 is 3. The van der Waals surface area contributed by atoms with Gasteiger partial charge in [0.2, 0.25) is 11.6 Å². The number of aromatic nitrogens is 3. The molecule has 0 aliphatic carbocycles. The molecule has 0 aliphatic heterocycles. The van der Waals surface area contributed by atoms with E-state index in [9.17, 15) is 9.59 Å². The highest BCUT2D eigenvalue weighted by atomic mass is 35.5. The number of nitrogens with zero attached hydrogens (tertiary/aromatic N) is 3. The first-order valence-corrected chi connectivity index (χ1v) is 10.8. The molecule has 0 spiro atoms. The number of benzene rings is 2. The normalized spacial score (nSPS) is 10.6. The molecule has 0 bridgehead atoms. The molecule has 1 aromatic heterocycles. The van der Waals surface area contributed by atoms with Crippen molar-refractivity contribution in [2.75, 3.05) is 27.9 Å². The van der Waals surface area contributed by atoms with Gasteiger partial charge in [-0.3, -0.25) is 9.59 Å². The number of halogens is 1. The van der Waals surface area contributed by atoms with Crippen LogP contribution in [0.2, 0.25) is 5.02 Å². The molecule has 0 radical (unpaired) electrons. The number of unbranched alkanes of at least 4 members (excludes halogenated alkanes) is 1. The number of carbonyl (C=O) groups excluding carboxylic acids is 1. The van der Waals surface area contributed by atoms with E-state index in [-0.39, 0.29) is 12.2 Å². The van der Waals surface area contributed by atoms with E-state index in [0.717, 1.165) is 0 Å². The van der Waals surface area contributed by atoms with Crippen molar-refractivity contribution < 1.29 is 28.9 Å². The number of carboxylic acid groups (broad SMARTS) is 1. The van der Waals surface area contributed by atoms with E-state index in [4.69, 9.17) is 30.9 Å². The van der Waals surface area contributed by atoms with Gasteiger partial charge in [-0.15, -0.1) is 5.10 Å². The molecule has 0 aliphatic rings. The van der Waals surface area contributed by atoms with Crippen LogP contribution in [-0.2, 0) is 4.79 Å². The number of carbonyl (C=O) groups is 2. The highest BCUT2D eigenvalue weighted by Crippen LogP contribution is 2.41. The lowest BCUT2D eigenvalue weighted by Crippen LogP contribution is -2.25. The fourth-order valence-corrected chi connectivity index (χ4v) is 3.38. The van der Waals surface area contributed by atoms with E-state index in [2.05, 4.69) is 15.4 Å². The number of carboxylic acids is 1. The lowest BCUT2D eigenvalue weighted by molar-refractivity contribution is -0.137. The molecule has 0 saturated carbocycles. The van der Waals surface area contributed by atoms with Gasteiger partial charge < -0.3 is 24.6 Å². The maximum atomic E-state index is 12.7. The fourth-order valence-electron chi connectivity index (χ4n) is 3.25. The summed E-state index contributed by atoms with van der Waals surface area (Å²) in [6, 6.07) is 10.4. The van der Waals surface area contributed by atoms with E-state index >= 15 is 0 Å². The minimum atomic E-state index is -0.871. The van der Waals surface area contributed by atoms with Crippen LogP contribution in [0.1, 0.15) is 29.9 Å². The van der Waals surface area contributed by atoms with Crippen molar-refractivity contribution in [3.05, 3.63) is 47.2 Å². The van der Waals surface area contributed by atoms with E-state index in [1.165, 1.54) is 26.0 Å². The molecule has 1 heterocycles. The molecule has 1 amide bonds. The average molecular weight is 489 g/mol. The summed E-state index contributed by atoms with van der Waals surface area (Å²) in [7, 11) is 4.53.